The number of pyridine rings is 1. The molecule has 0 radical (unpaired) electrons. The van der Waals surface area contributed by atoms with Crippen LogP contribution in [0.3, 0.4) is 0 Å². The molecule has 1 aromatic heterocycles. The van der Waals surface area contributed by atoms with Gasteiger partial charge >= 0.3 is 0 Å². The van der Waals surface area contributed by atoms with Crippen LogP contribution in [0.5, 0.6) is 5.75 Å². The van der Waals surface area contributed by atoms with E-state index in [1.807, 2.05) is 24.3 Å². The lowest BCUT2D eigenvalue weighted by atomic mass is 10.2. The zero-order valence-electron chi connectivity index (χ0n) is 11.7. The van der Waals surface area contributed by atoms with Crippen molar-refractivity contribution in [2.45, 2.75) is 13.2 Å². The first-order chi connectivity index (χ1) is 9.88. The Kier molecular flexibility index (Phi) is 6.02. The predicted molar refractivity (Wildman–Crippen MR) is 78.6 cm³/mol. The molecule has 0 atom stereocenters. The Morgan fingerprint density at radius 2 is 1.75 bits per heavy atom. The second-order valence-electron chi connectivity index (χ2n) is 4.46. The summed E-state index contributed by atoms with van der Waals surface area (Å²) in [5, 5.41) is 3.31. The first-order valence-corrected chi connectivity index (χ1v) is 6.69. The van der Waals surface area contributed by atoms with Gasteiger partial charge in [-0.2, -0.15) is 0 Å². The van der Waals surface area contributed by atoms with E-state index >= 15 is 0 Å². The van der Waals surface area contributed by atoms with Gasteiger partial charge in [0.15, 0.2) is 0 Å². The van der Waals surface area contributed by atoms with Crippen molar-refractivity contribution in [3.63, 3.8) is 0 Å². The summed E-state index contributed by atoms with van der Waals surface area (Å²) in [4.78, 5) is 3.98. The minimum atomic E-state index is 0.563. The summed E-state index contributed by atoms with van der Waals surface area (Å²) in [6.07, 6.45) is 3.54. The summed E-state index contributed by atoms with van der Waals surface area (Å²) in [5.41, 5.74) is 2.35. The number of nitrogens with zero attached hydrogens (tertiary/aromatic N) is 1. The van der Waals surface area contributed by atoms with Crippen molar-refractivity contribution in [1.29, 1.82) is 0 Å². The predicted octanol–water partition coefficient (Wildman–Crippen LogP) is 2.40. The summed E-state index contributed by atoms with van der Waals surface area (Å²) < 4.78 is 10.7. The lowest BCUT2D eigenvalue weighted by Crippen LogP contribution is -2.18. The molecule has 4 heteroatoms. The maximum absolute atomic E-state index is 5.72. The fraction of sp³-hybridized carbons (Fsp3) is 0.312. The lowest BCUT2D eigenvalue weighted by Gasteiger charge is -2.08. The fourth-order valence-corrected chi connectivity index (χ4v) is 1.76. The highest BCUT2D eigenvalue weighted by molar-refractivity contribution is 5.27. The Hall–Kier alpha value is -1.91. The average molecular weight is 272 g/mol. The zero-order valence-corrected chi connectivity index (χ0v) is 11.7. The summed E-state index contributed by atoms with van der Waals surface area (Å²) in [6, 6.07) is 12.0. The van der Waals surface area contributed by atoms with E-state index in [0.717, 1.165) is 31.0 Å². The fourth-order valence-electron chi connectivity index (χ4n) is 1.76. The minimum Gasteiger partial charge on any atom is -0.489 e. The quantitative estimate of drug-likeness (QED) is 0.749. The monoisotopic (exact) mass is 272 g/mol. The molecule has 0 unspecified atom stereocenters. The molecule has 1 heterocycles. The number of hydrogen-bond acceptors (Lipinski definition) is 4. The van der Waals surface area contributed by atoms with Gasteiger partial charge in [-0.05, 0) is 35.4 Å². The number of benzene rings is 1. The Balaban J connectivity index is 1.76. The molecule has 1 N–H and O–H groups in total. The average Bonchev–Trinajstić information content (AvgIpc) is 2.52. The van der Waals surface area contributed by atoms with Gasteiger partial charge in [0.2, 0.25) is 0 Å². The molecule has 4 nitrogen and oxygen atoms in total. The van der Waals surface area contributed by atoms with Crippen molar-refractivity contribution < 1.29 is 9.47 Å². The van der Waals surface area contributed by atoms with Crippen molar-refractivity contribution in [2.75, 3.05) is 20.3 Å². The van der Waals surface area contributed by atoms with Crippen LogP contribution in [0, 0.1) is 0 Å². The molecule has 0 spiro atoms. The highest BCUT2D eigenvalue weighted by atomic mass is 16.5. The molecule has 1 aromatic carbocycles. The minimum absolute atomic E-state index is 0.563. The first kappa shape index (κ1) is 14.5. The van der Waals surface area contributed by atoms with Crippen LogP contribution in [-0.4, -0.2) is 25.2 Å². The maximum Gasteiger partial charge on any atom is 0.119 e. The molecule has 2 rings (SSSR count). The molecule has 0 amide bonds. The van der Waals surface area contributed by atoms with Crippen molar-refractivity contribution >= 4 is 0 Å². The van der Waals surface area contributed by atoms with E-state index in [0.29, 0.717) is 6.61 Å². The molecule has 0 saturated carbocycles. The topological polar surface area (TPSA) is 43.4 Å². The zero-order chi connectivity index (χ0) is 14.0. The number of aromatic nitrogens is 1. The summed E-state index contributed by atoms with van der Waals surface area (Å²) in [5.74, 6) is 0.877. The van der Waals surface area contributed by atoms with E-state index < -0.39 is 0 Å². The molecule has 106 valence electrons. The van der Waals surface area contributed by atoms with Crippen molar-refractivity contribution in [3.8, 4) is 5.75 Å². The Morgan fingerprint density at radius 1 is 1.00 bits per heavy atom. The van der Waals surface area contributed by atoms with Gasteiger partial charge in [0, 0.05) is 32.6 Å². The van der Waals surface area contributed by atoms with Crippen LogP contribution in [0.25, 0.3) is 0 Å². The highest BCUT2D eigenvalue weighted by Crippen LogP contribution is 2.14. The van der Waals surface area contributed by atoms with Crippen LogP contribution in [0.1, 0.15) is 11.1 Å². The van der Waals surface area contributed by atoms with Gasteiger partial charge in [-0.25, -0.2) is 0 Å². The van der Waals surface area contributed by atoms with Crippen LogP contribution in [-0.2, 0) is 17.9 Å². The number of hydrogen-bond donors (Lipinski definition) is 1. The van der Waals surface area contributed by atoms with Crippen molar-refractivity contribution in [2.24, 2.45) is 0 Å². The van der Waals surface area contributed by atoms with Gasteiger partial charge in [0.25, 0.3) is 0 Å². The van der Waals surface area contributed by atoms with E-state index in [1.165, 1.54) is 5.56 Å². The van der Waals surface area contributed by atoms with Gasteiger partial charge in [-0.15, -0.1) is 0 Å². The van der Waals surface area contributed by atoms with Gasteiger partial charge in [0.05, 0.1) is 6.61 Å². The van der Waals surface area contributed by atoms with Gasteiger partial charge in [-0.1, -0.05) is 12.1 Å². The summed E-state index contributed by atoms with van der Waals surface area (Å²) in [6.45, 7) is 2.99. The summed E-state index contributed by atoms with van der Waals surface area (Å²) in [7, 11) is 1.70. The third kappa shape index (κ3) is 4.99. The molecule has 2 aromatic rings. The molecule has 20 heavy (non-hydrogen) atoms. The van der Waals surface area contributed by atoms with Gasteiger partial charge < -0.3 is 14.8 Å². The number of nitrogens with one attached hydrogen (secondary N) is 1. The normalized spacial score (nSPS) is 10.4. The molecular formula is C16H20N2O2. The summed E-state index contributed by atoms with van der Waals surface area (Å²) >= 11 is 0. The molecule has 0 aliphatic heterocycles. The third-order valence-electron chi connectivity index (χ3n) is 2.89. The third-order valence-corrected chi connectivity index (χ3v) is 2.89. The Labute approximate surface area is 119 Å². The van der Waals surface area contributed by atoms with Crippen LogP contribution in [0.4, 0.5) is 0 Å². The highest BCUT2D eigenvalue weighted by Gasteiger charge is 1.97. The van der Waals surface area contributed by atoms with Gasteiger partial charge in [-0.3, -0.25) is 4.98 Å². The standard InChI is InChI=1S/C16H20N2O2/c1-19-11-10-18-12-14-2-4-16(5-3-14)20-13-15-6-8-17-9-7-15/h2-9,18H,10-13H2,1H3. The molecule has 0 fully saturated rings. The Bertz CT molecular complexity index is 486. The second kappa shape index (κ2) is 8.30. The van der Waals surface area contributed by atoms with E-state index in [9.17, 15) is 0 Å². The largest absolute Gasteiger partial charge is 0.489 e. The first-order valence-electron chi connectivity index (χ1n) is 6.69. The molecule has 0 saturated heterocycles. The van der Waals surface area contributed by atoms with Crippen molar-refractivity contribution in [3.05, 3.63) is 59.9 Å². The second-order valence-corrected chi connectivity index (χ2v) is 4.46. The van der Waals surface area contributed by atoms with Gasteiger partial charge in [0.1, 0.15) is 12.4 Å². The number of rotatable bonds is 8. The number of methoxy groups -OCH3 is 1. The number of ether oxygens (including phenoxy) is 2. The Morgan fingerprint density at radius 3 is 2.45 bits per heavy atom. The van der Waals surface area contributed by atoms with E-state index in [1.54, 1.807) is 19.5 Å². The molecule has 0 aliphatic rings. The van der Waals surface area contributed by atoms with E-state index in [4.69, 9.17) is 9.47 Å². The van der Waals surface area contributed by atoms with Crippen LogP contribution < -0.4 is 10.1 Å². The van der Waals surface area contributed by atoms with E-state index in [-0.39, 0.29) is 0 Å². The molecule has 0 aliphatic carbocycles. The maximum atomic E-state index is 5.72. The smallest absolute Gasteiger partial charge is 0.119 e. The van der Waals surface area contributed by atoms with E-state index in [2.05, 4.69) is 22.4 Å². The van der Waals surface area contributed by atoms with Crippen LogP contribution in [0.2, 0.25) is 0 Å². The molecule has 0 bridgehead atoms. The molecular weight excluding hydrogens is 252 g/mol. The SMILES string of the molecule is COCCNCc1ccc(OCc2ccncc2)cc1. The van der Waals surface area contributed by atoms with Crippen molar-refractivity contribution in [1.82, 2.24) is 10.3 Å². The lowest BCUT2D eigenvalue weighted by molar-refractivity contribution is 0.199. The van der Waals surface area contributed by atoms with Crippen LogP contribution in [0.15, 0.2) is 48.8 Å². The van der Waals surface area contributed by atoms with Crippen LogP contribution >= 0.6 is 0 Å².